The van der Waals surface area contributed by atoms with Crippen molar-refractivity contribution in [3.8, 4) is 11.4 Å². The first-order valence-electron chi connectivity index (χ1n) is 8.39. The summed E-state index contributed by atoms with van der Waals surface area (Å²) in [7, 11) is 1.84. The van der Waals surface area contributed by atoms with Crippen molar-refractivity contribution in [1.82, 2.24) is 20.1 Å². The van der Waals surface area contributed by atoms with E-state index in [1.807, 2.05) is 23.7 Å². The summed E-state index contributed by atoms with van der Waals surface area (Å²) in [5.74, 6) is 0.247. The Kier molecular flexibility index (Phi) is 6.62. The minimum absolute atomic E-state index is 0.462. The van der Waals surface area contributed by atoms with E-state index in [1.54, 1.807) is 6.92 Å². The number of benzene rings is 1. The number of aromatic nitrogens is 3. The molecule has 0 spiro atoms. The van der Waals surface area contributed by atoms with Crippen molar-refractivity contribution in [1.29, 1.82) is 0 Å². The Morgan fingerprint density at radius 2 is 1.85 bits per heavy atom. The summed E-state index contributed by atoms with van der Waals surface area (Å²) in [6.45, 7) is 7.83. The maximum Gasteiger partial charge on any atom is 0.318 e. The fourth-order valence-electron chi connectivity index (χ4n) is 2.51. The number of carbonyl (C=O) groups excluding carboxylic acids is 2. The number of urea groups is 1. The van der Waals surface area contributed by atoms with Crippen molar-refractivity contribution < 1.29 is 9.59 Å². The molecule has 0 bridgehead atoms. The summed E-state index contributed by atoms with van der Waals surface area (Å²) >= 11 is 1.21. The predicted octanol–water partition coefficient (Wildman–Crippen LogP) is 2.00. The van der Waals surface area contributed by atoms with Crippen LogP contribution in [-0.2, 0) is 11.8 Å². The molecule has 1 heterocycles. The highest BCUT2D eigenvalue weighted by molar-refractivity contribution is 8.00. The van der Waals surface area contributed by atoms with E-state index in [9.17, 15) is 9.59 Å². The van der Waals surface area contributed by atoms with Crippen LogP contribution in [0.15, 0.2) is 29.4 Å². The molecule has 0 fully saturated rings. The summed E-state index contributed by atoms with van der Waals surface area (Å²) in [5.41, 5.74) is 7.07. The van der Waals surface area contributed by atoms with Gasteiger partial charge in [-0.05, 0) is 45.0 Å². The van der Waals surface area contributed by atoms with Gasteiger partial charge in [0, 0.05) is 31.4 Å². The molecular formula is C17H24N6O2S. The highest BCUT2D eigenvalue weighted by atomic mass is 32.2. The maximum atomic E-state index is 11.8. The van der Waals surface area contributed by atoms with Crippen molar-refractivity contribution in [3.05, 3.63) is 24.3 Å². The summed E-state index contributed by atoms with van der Waals surface area (Å²) in [6, 6.07) is 7.28. The Bertz CT molecular complexity index is 770. The van der Waals surface area contributed by atoms with Gasteiger partial charge >= 0.3 is 6.03 Å². The van der Waals surface area contributed by atoms with Crippen LogP contribution in [0.3, 0.4) is 0 Å². The molecule has 2 aromatic rings. The average molecular weight is 376 g/mol. The first kappa shape index (κ1) is 19.8. The number of nitrogens with one attached hydrogen (secondary N) is 1. The molecule has 2 rings (SSSR count). The number of anilines is 1. The van der Waals surface area contributed by atoms with Gasteiger partial charge in [-0.3, -0.25) is 10.1 Å². The molecule has 3 N–H and O–H groups in total. The standard InChI is InChI=1S/C17H24N6O2S/c1-5-23(6-2)13-9-7-12(8-10-13)14-20-21-17(22(14)4)26-11(3)15(24)19-16(18)25/h7-11H,5-6H2,1-4H3,(H3,18,19,24,25). The lowest BCUT2D eigenvalue weighted by Crippen LogP contribution is -2.39. The second-order valence-electron chi connectivity index (χ2n) is 5.70. The molecule has 0 aliphatic rings. The molecule has 9 heteroatoms. The second-order valence-corrected chi connectivity index (χ2v) is 7.01. The van der Waals surface area contributed by atoms with Crippen LogP contribution in [0.4, 0.5) is 10.5 Å². The molecule has 26 heavy (non-hydrogen) atoms. The Labute approximate surface area is 157 Å². The molecule has 0 saturated heterocycles. The molecule has 1 aromatic heterocycles. The van der Waals surface area contributed by atoms with Gasteiger partial charge in [0.25, 0.3) is 0 Å². The molecule has 0 saturated carbocycles. The first-order chi connectivity index (χ1) is 12.4. The lowest BCUT2D eigenvalue weighted by molar-refractivity contribution is -0.119. The van der Waals surface area contributed by atoms with Gasteiger partial charge in [0.15, 0.2) is 11.0 Å². The normalized spacial score (nSPS) is 11.8. The van der Waals surface area contributed by atoms with E-state index < -0.39 is 17.2 Å². The Morgan fingerprint density at radius 3 is 2.38 bits per heavy atom. The van der Waals surface area contributed by atoms with Crippen molar-refractivity contribution in [3.63, 3.8) is 0 Å². The largest absolute Gasteiger partial charge is 0.372 e. The Balaban J connectivity index is 2.15. The number of nitrogens with two attached hydrogens (primary N) is 1. The Hall–Kier alpha value is -2.55. The van der Waals surface area contributed by atoms with Gasteiger partial charge in [-0.2, -0.15) is 0 Å². The fraction of sp³-hybridized carbons (Fsp3) is 0.412. The zero-order chi connectivity index (χ0) is 19.3. The van der Waals surface area contributed by atoms with Gasteiger partial charge < -0.3 is 15.2 Å². The number of hydrogen-bond acceptors (Lipinski definition) is 6. The smallest absolute Gasteiger partial charge is 0.318 e. The third-order valence-electron chi connectivity index (χ3n) is 3.99. The van der Waals surface area contributed by atoms with Crippen LogP contribution >= 0.6 is 11.8 Å². The van der Waals surface area contributed by atoms with E-state index >= 15 is 0 Å². The summed E-state index contributed by atoms with van der Waals surface area (Å²) in [6.07, 6.45) is 0. The minimum Gasteiger partial charge on any atom is -0.372 e. The number of hydrogen-bond donors (Lipinski definition) is 2. The number of imide groups is 1. The third kappa shape index (κ3) is 4.54. The molecule has 8 nitrogen and oxygen atoms in total. The van der Waals surface area contributed by atoms with Crippen molar-refractivity contribution >= 4 is 29.4 Å². The molecule has 0 aliphatic heterocycles. The van der Waals surface area contributed by atoms with Crippen LogP contribution in [-0.4, -0.2) is 45.0 Å². The van der Waals surface area contributed by atoms with Crippen molar-refractivity contribution in [2.75, 3.05) is 18.0 Å². The van der Waals surface area contributed by atoms with Crippen LogP contribution in [0.1, 0.15) is 20.8 Å². The van der Waals surface area contributed by atoms with Crippen LogP contribution < -0.4 is 16.0 Å². The number of rotatable bonds is 7. The van der Waals surface area contributed by atoms with Crippen LogP contribution in [0.2, 0.25) is 0 Å². The van der Waals surface area contributed by atoms with E-state index in [4.69, 9.17) is 5.73 Å². The molecule has 3 amide bonds. The summed E-state index contributed by atoms with van der Waals surface area (Å²) in [4.78, 5) is 24.9. The van der Waals surface area contributed by atoms with Crippen LogP contribution in [0.25, 0.3) is 11.4 Å². The lowest BCUT2D eigenvalue weighted by Gasteiger charge is -2.21. The van der Waals surface area contributed by atoms with Gasteiger partial charge in [0.05, 0.1) is 5.25 Å². The number of primary amides is 1. The molecule has 0 aliphatic carbocycles. The second kappa shape index (κ2) is 8.70. The number of nitrogens with zero attached hydrogens (tertiary/aromatic N) is 4. The van der Waals surface area contributed by atoms with Gasteiger partial charge in [0.1, 0.15) is 0 Å². The SMILES string of the molecule is CCN(CC)c1ccc(-c2nnc(SC(C)C(=O)NC(N)=O)n2C)cc1. The number of carbonyl (C=O) groups is 2. The van der Waals surface area contributed by atoms with Gasteiger partial charge in [0.2, 0.25) is 5.91 Å². The highest BCUT2D eigenvalue weighted by Crippen LogP contribution is 2.27. The molecule has 0 radical (unpaired) electrons. The Morgan fingerprint density at radius 1 is 1.23 bits per heavy atom. The summed E-state index contributed by atoms with van der Waals surface area (Å²) in [5, 5.41) is 10.5. The monoisotopic (exact) mass is 376 g/mol. The molecule has 1 aromatic carbocycles. The zero-order valence-electron chi connectivity index (χ0n) is 15.4. The topological polar surface area (TPSA) is 106 Å². The zero-order valence-corrected chi connectivity index (χ0v) is 16.2. The fourth-order valence-corrected chi connectivity index (χ4v) is 3.33. The first-order valence-corrected chi connectivity index (χ1v) is 9.27. The van der Waals surface area contributed by atoms with Gasteiger partial charge in [-0.25, -0.2) is 4.79 Å². The highest BCUT2D eigenvalue weighted by Gasteiger charge is 2.20. The van der Waals surface area contributed by atoms with Crippen LogP contribution in [0, 0.1) is 0 Å². The molecule has 140 valence electrons. The van der Waals surface area contributed by atoms with Crippen molar-refractivity contribution in [2.45, 2.75) is 31.2 Å². The third-order valence-corrected chi connectivity index (χ3v) is 5.12. The lowest BCUT2D eigenvalue weighted by atomic mass is 10.2. The van der Waals surface area contributed by atoms with E-state index in [2.05, 4.69) is 46.4 Å². The van der Waals surface area contributed by atoms with E-state index in [-0.39, 0.29) is 0 Å². The number of thioether (sulfide) groups is 1. The summed E-state index contributed by atoms with van der Waals surface area (Å²) < 4.78 is 1.82. The van der Waals surface area contributed by atoms with Gasteiger partial charge in [-0.1, -0.05) is 11.8 Å². The van der Waals surface area contributed by atoms with Crippen LogP contribution in [0.5, 0.6) is 0 Å². The minimum atomic E-state index is -0.866. The average Bonchev–Trinajstić information content (AvgIpc) is 2.96. The molecular weight excluding hydrogens is 352 g/mol. The van der Waals surface area contributed by atoms with Crippen molar-refractivity contribution in [2.24, 2.45) is 12.8 Å². The number of amides is 3. The quantitative estimate of drug-likeness (QED) is 0.716. The molecule has 1 unspecified atom stereocenters. The van der Waals surface area contributed by atoms with E-state index in [0.29, 0.717) is 11.0 Å². The van der Waals surface area contributed by atoms with E-state index in [1.165, 1.54) is 11.8 Å². The molecule has 1 atom stereocenters. The predicted molar refractivity (Wildman–Crippen MR) is 103 cm³/mol. The van der Waals surface area contributed by atoms with Gasteiger partial charge in [-0.15, -0.1) is 10.2 Å². The maximum absolute atomic E-state index is 11.8. The van der Waals surface area contributed by atoms with E-state index in [0.717, 1.165) is 24.3 Å².